The topological polar surface area (TPSA) is 117 Å². The molecule has 5 rings (SSSR count). The van der Waals surface area contributed by atoms with Crippen molar-refractivity contribution in [2.24, 2.45) is 0 Å². The number of rotatable bonds is 5. The molecule has 0 spiro atoms. The molecule has 0 atom stereocenters. The predicted molar refractivity (Wildman–Crippen MR) is 153 cm³/mol. The highest BCUT2D eigenvalue weighted by Crippen LogP contribution is 2.44. The molecule has 8 nitrogen and oxygen atoms in total. The highest BCUT2D eigenvalue weighted by molar-refractivity contribution is 6.07. The third-order valence-electron chi connectivity index (χ3n) is 6.56. The van der Waals surface area contributed by atoms with Gasteiger partial charge in [0, 0.05) is 47.2 Å². The van der Waals surface area contributed by atoms with Crippen LogP contribution in [0.2, 0.25) is 0 Å². The molecule has 11 heteroatoms. The summed E-state index contributed by atoms with van der Waals surface area (Å²) in [5, 5.41) is 17.3. The SMILES string of the molecule is CC(=O)Nc1ncc2cc(-c3cc(C(=O)Nc4cccc(C(F)(F)F)c4)ccc3C)c(O)c(-c3ccnc(C)c3)c2n1. The Kier molecular flexibility index (Phi) is 7.34. The van der Waals surface area contributed by atoms with Gasteiger partial charge in [-0.1, -0.05) is 12.1 Å². The summed E-state index contributed by atoms with van der Waals surface area (Å²) < 4.78 is 39.5. The summed E-state index contributed by atoms with van der Waals surface area (Å²) in [5.41, 5.74) is 3.00. The van der Waals surface area contributed by atoms with Crippen molar-refractivity contribution < 1.29 is 27.9 Å². The number of nitrogens with one attached hydrogen (secondary N) is 2. The summed E-state index contributed by atoms with van der Waals surface area (Å²) in [4.78, 5) is 37.7. The van der Waals surface area contributed by atoms with Gasteiger partial charge in [-0.15, -0.1) is 0 Å². The van der Waals surface area contributed by atoms with Gasteiger partial charge in [-0.3, -0.25) is 19.9 Å². The Balaban J connectivity index is 1.63. The summed E-state index contributed by atoms with van der Waals surface area (Å²) >= 11 is 0. The Morgan fingerprint density at radius 2 is 1.69 bits per heavy atom. The number of carbonyl (C=O) groups is 2. The number of phenolic OH excluding ortho intramolecular Hbond substituents is 1. The molecular weight excluding hydrogens is 547 g/mol. The average molecular weight is 572 g/mol. The number of pyridine rings is 1. The van der Waals surface area contributed by atoms with Crippen LogP contribution in [-0.2, 0) is 11.0 Å². The molecule has 0 unspecified atom stereocenters. The Morgan fingerprint density at radius 3 is 2.40 bits per heavy atom. The van der Waals surface area contributed by atoms with Gasteiger partial charge < -0.3 is 10.4 Å². The lowest BCUT2D eigenvalue weighted by Gasteiger charge is -2.17. The largest absolute Gasteiger partial charge is 0.507 e. The van der Waals surface area contributed by atoms with Crippen molar-refractivity contribution >= 4 is 34.4 Å². The summed E-state index contributed by atoms with van der Waals surface area (Å²) in [6.45, 7) is 4.95. The number of alkyl halides is 3. The van der Waals surface area contributed by atoms with Gasteiger partial charge in [-0.25, -0.2) is 9.97 Å². The summed E-state index contributed by atoms with van der Waals surface area (Å²) in [6, 6.07) is 14.4. The van der Waals surface area contributed by atoms with Gasteiger partial charge in [0.1, 0.15) is 5.75 Å². The number of nitrogens with zero attached hydrogens (tertiary/aromatic N) is 3. The van der Waals surface area contributed by atoms with E-state index in [1.807, 2.05) is 0 Å². The van der Waals surface area contributed by atoms with Gasteiger partial charge in [0.05, 0.1) is 16.6 Å². The van der Waals surface area contributed by atoms with E-state index in [2.05, 4.69) is 25.6 Å². The fourth-order valence-corrected chi connectivity index (χ4v) is 4.60. The minimum Gasteiger partial charge on any atom is -0.507 e. The van der Waals surface area contributed by atoms with E-state index in [0.29, 0.717) is 38.9 Å². The number of aromatic hydroxyl groups is 1. The zero-order valence-electron chi connectivity index (χ0n) is 22.7. The molecule has 0 saturated heterocycles. The normalized spacial score (nSPS) is 11.4. The number of amides is 2. The highest BCUT2D eigenvalue weighted by atomic mass is 19.4. The molecule has 212 valence electrons. The van der Waals surface area contributed by atoms with Crippen molar-refractivity contribution in [2.75, 3.05) is 10.6 Å². The molecule has 0 aliphatic carbocycles. The molecule has 0 saturated carbocycles. The molecule has 42 heavy (non-hydrogen) atoms. The maximum Gasteiger partial charge on any atom is 0.416 e. The second kappa shape index (κ2) is 10.9. The number of hydrogen-bond acceptors (Lipinski definition) is 6. The Hall–Kier alpha value is -5.32. The lowest BCUT2D eigenvalue weighted by Crippen LogP contribution is -2.13. The molecule has 0 aliphatic heterocycles. The van der Waals surface area contributed by atoms with E-state index in [0.717, 1.165) is 17.7 Å². The quantitative estimate of drug-likeness (QED) is 0.211. The lowest BCUT2D eigenvalue weighted by atomic mass is 9.91. The van der Waals surface area contributed by atoms with E-state index in [1.54, 1.807) is 56.4 Å². The first-order chi connectivity index (χ1) is 19.9. The van der Waals surface area contributed by atoms with E-state index >= 15 is 0 Å². The van der Waals surface area contributed by atoms with Crippen molar-refractivity contribution in [3.63, 3.8) is 0 Å². The summed E-state index contributed by atoms with van der Waals surface area (Å²) in [7, 11) is 0. The van der Waals surface area contributed by atoms with Gasteiger partial charge >= 0.3 is 6.18 Å². The van der Waals surface area contributed by atoms with E-state index in [-0.39, 0.29) is 28.9 Å². The fourth-order valence-electron chi connectivity index (χ4n) is 4.60. The number of fused-ring (bicyclic) bond motifs is 1. The first kappa shape index (κ1) is 28.2. The maximum atomic E-state index is 13.2. The molecular formula is C31H24F3N5O3. The van der Waals surface area contributed by atoms with Crippen molar-refractivity contribution in [3.05, 3.63) is 95.4 Å². The fraction of sp³-hybridized carbons (Fsp3) is 0.129. The van der Waals surface area contributed by atoms with Crippen molar-refractivity contribution in [2.45, 2.75) is 26.9 Å². The maximum absolute atomic E-state index is 13.2. The molecule has 2 aromatic heterocycles. The van der Waals surface area contributed by atoms with E-state index in [4.69, 9.17) is 0 Å². The van der Waals surface area contributed by atoms with Crippen LogP contribution in [0.3, 0.4) is 0 Å². The number of phenols is 1. The Bertz CT molecular complexity index is 1870. The second-order valence-electron chi connectivity index (χ2n) is 9.71. The minimum absolute atomic E-state index is 0.00651. The highest BCUT2D eigenvalue weighted by Gasteiger charge is 2.30. The van der Waals surface area contributed by atoms with E-state index in [9.17, 15) is 27.9 Å². The summed E-state index contributed by atoms with van der Waals surface area (Å²) in [6.07, 6.45) is -1.43. The molecule has 5 aromatic rings. The smallest absolute Gasteiger partial charge is 0.416 e. The number of carbonyl (C=O) groups excluding carboxylic acids is 2. The van der Waals surface area contributed by atoms with Crippen LogP contribution < -0.4 is 10.6 Å². The van der Waals surface area contributed by atoms with Crippen LogP contribution in [0.15, 0.2) is 73.1 Å². The minimum atomic E-state index is -4.55. The predicted octanol–water partition coefficient (Wildman–Crippen LogP) is 6.91. The molecule has 2 amide bonds. The first-order valence-electron chi connectivity index (χ1n) is 12.7. The Morgan fingerprint density at radius 1 is 0.905 bits per heavy atom. The number of anilines is 2. The van der Waals surface area contributed by atoms with Crippen molar-refractivity contribution in [3.8, 4) is 28.0 Å². The molecule has 3 aromatic carbocycles. The summed E-state index contributed by atoms with van der Waals surface area (Å²) in [5.74, 6) is -1.03. The number of benzene rings is 3. The molecule has 0 fully saturated rings. The second-order valence-corrected chi connectivity index (χ2v) is 9.71. The molecule has 0 aliphatic rings. The van der Waals surface area contributed by atoms with Crippen molar-refractivity contribution in [1.82, 2.24) is 15.0 Å². The van der Waals surface area contributed by atoms with Gasteiger partial charge in [-0.2, -0.15) is 13.2 Å². The molecule has 0 radical (unpaired) electrons. The standard InChI is InChI=1S/C31H24F3N5O3/c1-16-7-8-20(29(42)38-23-6-4-5-22(14-23)31(32,33)34)12-24(16)25-13-21-15-36-30(37-18(3)40)39-27(21)26(28(25)41)19-9-10-35-17(2)11-19/h4-15,41H,1-3H3,(H,38,42)(H,36,37,39,40). The third kappa shape index (κ3) is 5.75. The van der Waals surface area contributed by atoms with Gasteiger partial charge in [0.15, 0.2) is 0 Å². The van der Waals surface area contributed by atoms with Crippen LogP contribution in [0.4, 0.5) is 24.8 Å². The number of hydrogen-bond donors (Lipinski definition) is 3. The molecule has 2 heterocycles. The van der Waals surface area contributed by atoms with Crippen LogP contribution in [0.1, 0.15) is 34.1 Å². The van der Waals surface area contributed by atoms with Gasteiger partial charge in [0.25, 0.3) is 5.91 Å². The van der Waals surface area contributed by atoms with Crippen LogP contribution in [-0.4, -0.2) is 31.9 Å². The van der Waals surface area contributed by atoms with E-state index < -0.39 is 17.6 Å². The number of halogens is 3. The van der Waals surface area contributed by atoms with Gasteiger partial charge in [-0.05, 0) is 79.1 Å². The Labute approximate surface area is 238 Å². The van der Waals surface area contributed by atoms with Gasteiger partial charge in [0.2, 0.25) is 11.9 Å². The van der Waals surface area contributed by atoms with Crippen LogP contribution in [0.25, 0.3) is 33.2 Å². The first-order valence-corrected chi connectivity index (χ1v) is 12.7. The zero-order valence-corrected chi connectivity index (χ0v) is 22.7. The van der Waals surface area contributed by atoms with Crippen LogP contribution in [0, 0.1) is 13.8 Å². The van der Waals surface area contributed by atoms with Crippen LogP contribution >= 0.6 is 0 Å². The number of aromatic nitrogens is 3. The zero-order chi connectivity index (χ0) is 30.2. The molecule has 0 bridgehead atoms. The average Bonchev–Trinajstić information content (AvgIpc) is 2.92. The molecule has 3 N–H and O–H groups in total. The lowest BCUT2D eigenvalue weighted by molar-refractivity contribution is -0.137. The monoisotopic (exact) mass is 571 g/mol. The van der Waals surface area contributed by atoms with E-state index in [1.165, 1.54) is 25.3 Å². The third-order valence-corrected chi connectivity index (χ3v) is 6.56. The van der Waals surface area contributed by atoms with Crippen molar-refractivity contribution in [1.29, 1.82) is 0 Å². The number of aryl methyl sites for hydroxylation is 2. The van der Waals surface area contributed by atoms with Crippen LogP contribution in [0.5, 0.6) is 5.75 Å².